The van der Waals surface area contributed by atoms with Gasteiger partial charge in [0.25, 0.3) is 17.7 Å². The number of piperidine rings is 1. The minimum Gasteiger partial charge on any atom is -0.485 e. The van der Waals surface area contributed by atoms with Gasteiger partial charge in [-0.1, -0.05) is 25.3 Å². The molecule has 0 bridgehead atoms. The van der Waals surface area contributed by atoms with E-state index in [9.17, 15) is 24.0 Å². The molecule has 6 rings (SSSR count). The lowest BCUT2D eigenvalue weighted by atomic mass is 9.95. The van der Waals surface area contributed by atoms with Crippen molar-refractivity contribution in [3.63, 3.8) is 0 Å². The molecule has 1 aliphatic heterocycles. The van der Waals surface area contributed by atoms with Crippen LogP contribution in [0.1, 0.15) is 68.1 Å². The van der Waals surface area contributed by atoms with Crippen molar-refractivity contribution in [2.45, 2.75) is 44.9 Å². The zero-order valence-electron chi connectivity index (χ0n) is 32.9. The zero-order chi connectivity index (χ0) is 42.3. The van der Waals surface area contributed by atoms with Crippen molar-refractivity contribution in [2.75, 3.05) is 36.1 Å². The Morgan fingerprint density at radius 2 is 1.44 bits per heavy atom. The highest BCUT2D eigenvalue weighted by Crippen LogP contribution is 2.43. The number of carbonyl (C=O) groups excluding carboxylic acids is 5. The summed E-state index contributed by atoms with van der Waals surface area (Å²) in [6.07, 6.45) is 5.45. The Morgan fingerprint density at radius 3 is 2.07 bits per heavy atom. The second kappa shape index (κ2) is 18.1. The predicted octanol–water partition coefficient (Wildman–Crippen LogP) is 6.12. The van der Waals surface area contributed by atoms with Crippen LogP contribution in [0.2, 0.25) is 0 Å². The molecule has 1 heterocycles. The molecule has 1 fully saturated rings. The fourth-order valence-corrected chi connectivity index (χ4v) is 6.84. The van der Waals surface area contributed by atoms with Gasteiger partial charge in [0.15, 0.2) is 11.5 Å². The van der Waals surface area contributed by atoms with Crippen LogP contribution in [0.4, 0.5) is 22.7 Å². The van der Waals surface area contributed by atoms with E-state index in [1.165, 1.54) is 30.4 Å². The molecule has 7 N–H and O–H groups in total. The van der Waals surface area contributed by atoms with E-state index in [0.29, 0.717) is 41.2 Å². The quantitative estimate of drug-likeness (QED) is 0.0381. The lowest BCUT2D eigenvalue weighted by molar-refractivity contribution is -0.133. The first-order valence-corrected chi connectivity index (χ1v) is 19.1. The molecule has 4 amide bonds. The minimum absolute atomic E-state index is 0.0276. The van der Waals surface area contributed by atoms with Gasteiger partial charge in [-0.3, -0.25) is 14.4 Å². The van der Waals surface area contributed by atoms with Gasteiger partial charge in [0, 0.05) is 47.5 Å². The van der Waals surface area contributed by atoms with Gasteiger partial charge in [-0.15, -0.1) is 0 Å². The summed E-state index contributed by atoms with van der Waals surface area (Å²) < 4.78 is 17.1. The molecule has 4 aromatic carbocycles. The van der Waals surface area contributed by atoms with Crippen LogP contribution in [0.5, 0.6) is 11.5 Å². The molecular weight excluding hydrogens is 753 g/mol. The van der Waals surface area contributed by atoms with E-state index in [2.05, 4.69) is 29.1 Å². The van der Waals surface area contributed by atoms with Gasteiger partial charge in [-0.05, 0) is 92.7 Å². The lowest BCUT2D eigenvalue weighted by Crippen LogP contribution is -2.68. The van der Waals surface area contributed by atoms with Crippen molar-refractivity contribution < 1.29 is 38.2 Å². The Bertz CT molecular complexity index is 2300. The number of rotatable bonds is 16. The fraction of sp³-hybridized carbons (Fsp3) is 0.222. The van der Waals surface area contributed by atoms with Gasteiger partial charge in [0.05, 0.1) is 29.0 Å². The molecule has 0 radical (unpaired) electrons. The topological polar surface area (TPSA) is 201 Å². The molecule has 1 unspecified atom stereocenters. The van der Waals surface area contributed by atoms with E-state index in [1.54, 1.807) is 80.6 Å². The maximum atomic E-state index is 14.3. The molecule has 59 heavy (non-hydrogen) atoms. The number of nitrogens with one attached hydrogen (secondary N) is 3. The summed E-state index contributed by atoms with van der Waals surface area (Å²) in [5, 5.41) is 8.58. The number of hydrogen-bond acceptors (Lipinski definition) is 10. The highest BCUT2D eigenvalue weighted by Gasteiger charge is 2.54. The summed E-state index contributed by atoms with van der Waals surface area (Å²) in [6, 6.07) is 21.1. The molecule has 3 atom stereocenters. The first-order chi connectivity index (χ1) is 28.3. The molecule has 2 aliphatic rings. The van der Waals surface area contributed by atoms with Gasteiger partial charge in [-0.25, -0.2) is 9.59 Å². The lowest BCUT2D eigenvalue weighted by Gasteiger charge is -2.42. The number of benzene rings is 4. The Kier molecular flexibility index (Phi) is 12.7. The van der Waals surface area contributed by atoms with Gasteiger partial charge in [0.1, 0.15) is 37.2 Å². The Balaban J connectivity index is 1.23. The number of nitrogen functional groups attached to an aromatic ring is 1. The SMILES string of the molecule is C=CCOC(=O)c1ccc(NC(=O)c2ccc(NC(=O)c3ccc([N+]4(C5=CC5)C[C@H](N)C[C@H](NC(=O)c5ccc(N)cc5)C4=O)cc3)c(OC(C)C)c2OCC=C)cc1. The van der Waals surface area contributed by atoms with Crippen molar-refractivity contribution in [3.8, 4) is 11.5 Å². The van der Waals surface area contributed by atoms with Crippen LogP contribution >= 0.6 is 0 Å². The highest BCUT2D eigenvalue weighted by molar-refractivity contribution is 6.10. The van der Waals surface area contributed by atoms with E-state index in [-0.39, 0.29) is 64.4 Å². The van der Waals surface area contributed by atoms with E-state index < -0.39 is 35.8 Å². The molecule has 0 saturated carbocycles. The van der Waals surface area contributed by atoms with Crippen molar-refractivity contribution in [2.24, 2.45) is 5.73 Å². The van der Waals surface area contributed by atoms with Crippen molar-refractivity contribution >= 4 is 52.3 Å². The second-order valence-electron chi connectivity index (χ2n) is 14.4. The number of carbonyl (C=O) groups is 5. The summed E-state index contributed by atoms with van der Waals surface area (Å²) in [7, 11) is 0. The van der Waals surface area contributed by atoms with Gasteiger partial charge in [0.2, 0.25) is 0 Å². The van der Waals surface area contributed by atoms with Crippen LogP contribution in [0.15, 0.2) is 122 Å². The first kappa shape index (κ1) is 41.6. The number of ether oxygens (including phenoxy) is 3. The van der Waals surface area contributed by atoms with E-state index in [1.807, 2.05) is 6.08 Å². The number of anilines is 3. The Morgan fingerprint density at radius 1 is 0.814 bits per heavy atom. The van der Waals surface area contributed by atoms with Crippen LogP contribution in [-0.2, 0) is 9.53 Å². The molecule has 1 aliphatic carbocycles. The molecule has 14 heteroatoms. The van der Waals surface area contributed by atoms with E-state index in [0.717, 1.165) is 5.70 Å². The van der Waals surface area contributed by atoms with Crippen LogP contribution < -0.4 is 41.4 Å². The van der Waals surface area contributed by atoms with Crippen LogP contribution in [0, 0.1) is 0 Å². The molecule has 14 nitrogen and oxygen atoms in total. The van der Waals surface area contributed by atoms with Gasteiger partial charge in [-0.2, -0.15) is 4.48 Å². The third kappa shape index (κ3) is 9.41. The zero-order valence-corrected chi connectivity index (χ0v) is 32.9. The number of hydrogen-bond donors (Lipinski definition) is 5. The molecular formula is C45H47N6O8+. The number of amides is 4. The molecule has 0 aromatic heterocycles. The van der Waals surface area contributed by atoms with E-state index in [4.69, 9.17) is 25.7 Å². The largest absolute Gasteiger partial charge is 0.485 e. The number of likely N-dealkylation sites (tertiary alicyclic amines) is 1. The predicted molar refractivity (Wildman–Crippen MR) is 226 cm³/mol. The van der Waals surface area contributed by atoms with E-state index >= 15 is 0 Å². The third-order valence-corrected chi connectivity index (χ3v) is 9.66. The normalized spacial score (nSPS) is 18.2. The minimum atomic E-state index is -0.853. The van der Waals surface area contributed by atoms with Crippen LogP contribution in [-0.4, -0.2) is 67.5 Å². The fourth-order valence-electron chi connectivity index (χ4n) is 6.84. The molecule has 4 aromatic rings. The van der Waals surface area contributed by atoms with Crippen molar-refractivity contribution in [1.82, 2.24) is 9.80 Å². The maximum absolute atomic E-state index is 14.3. The second-order valence-corrected chi connectivity index (χ2v) is 14.4. The number of nitrogens with two attached hydrogens (primary N) is 2. The average Bonchev–Trinajstić information content (AvgIpc) is 4.08. The summed E-state index contributed by atoms with van der Waals surface area (Å²) in [5.74, 6) is -1.97. The Hall–Kier alpha value is -7.03. The third-order valence-electron chi connectivity index (χ3n) is 9.66. The average molecular weight is 800 g/mol. The highest BCUT2D eigenvalue weighted by atomic mass is 16.5. The maximum Gasteiger partial charge on any atom is 0.346 e. The molecule has 304 valence electrons. The van der Waals surface area contributed by atoms with Gasteiger partial charge >= 0.3 is 11.9 Å². The summed E-state index contributed by atoms with van der Waals surface area (Å²) in [6.45, 7) is 11.2. The monoisotopic (exact) mass is 799 g/mol. The first-order valence-electron chi connectivity index (χ1n) is 19.1. The standard InChI is InChI=1S/C45H46N6O8/c1-5-23-57-39-36(43(54)48-33-15-9-30(10-16-33)45(56)58-24-6-2)21-22-37(40(39)59-27(3)4)49-41(52)29-11-17-34(18-12-29)51(35-19-20-35)26-32(47)25-38(44(51)55)50-42(53)28-7-13-31(46)14-8-28/h5-19,21-22,27,32,38H,1-2,20,23-26,47H2,3-4H3,(H4-,46,48,49,50,52,53,54,56)/p+1/t32-,38+,51?/m1/s1. The number of allylic oxidation sites excluding steroid dienone is 2. The summed E-state index contributed by atoms with van der Waals surface area (Å²) in [4.78, 5) is 67.2. The number of quaternary nitrogens is 1. The molecule has 0 spiro atoms. The molecule has 1 saturated heterocycles. The summed E-state index contributed by atoms with van der Waals surface area (Å²) in [5.41, 5.74) is 16.1. The Labute approximate surface area is 342 Å². The van der Waals surface area contributed by atoms with Crippen molar-refractivity contribution in [1.29, 1.82) is 0 Å². The van der Waals surface area contributed by atoms with Gasteiger partial charge < -0.3 is 41.6 Å². The van der Waals surface area contributed by atoms with Crippen LogP contribution in [0.3, 0.4) is 0 Å². The van der Waals surface area contributed by atoms with Crippen LogP contribution in [0.25, 0.3) is 0 Å². The summed E-state index contributed by atoms with van der Waals surface area (Å²) >= 11 is 0. The number of esters is 1. The van der Waals surface area contributed by atoms with Crippen molar-refractivity contribution in [3.05, 3.63) is 144 Å². The number of nitrogens with zero attached hydrogens (tertiary/aromatic N) is 1. The smallest absolute Gasteiger partial charge is 0.346 e.